The highest BCUT2D eigenvalue weighted by Gasteiger charge is 2.09. The molecule has 4 nitrogen and oxygen atoms in total. The molecule has 1 saturated heterocycles. The number of nitrogens with one attached hydrogen (secondary N) is 1. The van der Waals surface area contributed by atoms with Crippen molar-refractivity contribution < 1.29 is 0 Å². The van der Waals surface area contributed by atoms with Crippen LogP contribution in [0.4, 0.5) is 0 Å². The molecule has 1 aliphatic heterocycles. The van der Waals surface area contributed by atoms with Gasteiger partial charge >= 0.3 is 0 Å². The van der Waals surface area contributed by atoms with Crippen molar-refractivity contribution in [3.8, 4) is 0 Å². The van der Waals surface area contributed by atoms with E-state index in [-0.39, 0.29) is 6.04 Å². The zero-order valence-corrected chi connectivity index (χ0v) is 5.25. The molecular weight excluding hydrogens is 116 g/mol. The zero-order valence-electron chi connectivity index (χ0n) is 5.25. The summed E-state index contributed by atoms with van der Waals surface area (Å²) in [6, 6.07) is 0.198. The van der Waals surface area contributed by atoms with Gasteiger partial charge in [-0.25, -0.2) is 0 Å². The van der Waals surface area contributed by atoms with Crippen LogP contribution < -0.4 is 5.32 Å². The second kappa shape index (κ2) is 3.33. The molecule has 0 bridgehead atoms. The predicted molar refractivity (Wildman–Crippen MR) is 35.0 cm³/mol. The third-order valence-electron chi connectivity index (χ3n) is 1.49. The number of hydrogen-bond acceptors (Lipinski definition) is 2. The Morgan fingerprint density at radius 1 is 1.67 bits per heavy atom. The summed E-state index contributed by atoms with van der Waals surface area (Å²) < 4.78 is 0. The van der Waals surface area contributed by atoms with Crippen molar-refractivity contribution in [1.29, 1.82) is 0 Å². The van der Waals surface area contributed by atoms with Gasteiger partial charge in [0.25, 0.3) is 0 Å². The van der Waals surface area contributed by atoms with Gasteiger partial charge in [0, 0.05) is 17.5 Å². The first kappa shape index (κ1) is 6.39. The standard InChI is InChI=1S/C5H10N4/c6-9-8-5-2-1-3-7-4-5/h5,7H,1-4H2/t5-/m1/s1. The maximum Gasteiger partial charge on any atom is 0.0499 e. The van der Waals surface area contributed by atoms with Crippen LogP contribution in [0.2, 0.25) is 0 Å². The lowest BCUT2D eigenvalue weighted by Crippen LogP contribution is -2.31. The van der Waals surface area contributed by atoms with Crippen LogP contribution >= 0.6 is 0 Å². The normalized spacial score (nSPS) is 26.9. The van der Waals surface area contributed by atoms with Crippen LogP contribution in [-0.2, 0) is 0 Å². The quantitative estimate of drug-likeness (QED) is 0.318. The van der Waals surface area contributed by atoms with Gasteiger partial charge in [-0.2, -0.15) is 0 Å². The second-order valence-corrected chi connectivity index (χ2v) is 2.21. The molecule has 0 saturated carbocycles. The summed E-state index contributed by atoms with van der Waals surface area (Å²) in [7, 11) is 0. The Hall–Kier alpha value is -0.730. The van der Waals surface area contributed by atoms with Crippen molar-refractivity contribution in [2.45, 2.75) is 18.9 Å². The molecule has 0 unspecified atom stereocenters. The van der Waals surface area contributed by atoms with Crippen molar-refractivity contribution in [3.63, 3.8) is 0 Å². The highest BCUT2D eigenvalue weighted by molar-refractivity contribution is 4.74. The highest BCUT2D eigenvalue weighted by atomic mass is 15.2. The molecule has 1 N–H and O–H groups in total. The molecular formula is C5H10N4. The molecule has 0 radical (unpaired) electrons. The van der Waals surface area contributed by atoms with E-state index in [0.29, 0.717) is 0 Å². The third kappa shape index (κ3) is 1.91. The van der Waals surface area contributed by atoms with E-state index < -0.39 is 0 Å². The lowest BCUT2D eigenvalue weighted by Gasteiger charge is -2.17. The van der Waals surface area contributed by atoms with Crippen molar-refractivity contribution in [1.82, 2.24) is 5.32 Å². The van der Waals surface area contributed by atoms with Crippen LogP contribution in [0.3, 0.4) is 0 Å². The summed E-state index contributed by atoms with van der Waals surface area (Å²) in [4.78, 5) is 2.74. The number of azide groups is 1. The van der Waals surface area contributed by atoms with E-state index in [2.05, 4.69) is 15.3 Å². The van der Waals surface area contributed by atoms with Crippen molar-refractivity contribution >= 4 is 0 Å². The Morgan fingerprint density at radius 3 is 3.11 bits per heavy atom. The van der Waals surface area contributed by atoms with Crippen LogP contribution in [0.15, 0.2) is 5.11 Å². The van der Waals surface area contributed by atoms with Gasteiger partial charge in [0.1, 0.15) is 0 Å². The summed E-state index contributed by atoms with van der Waals surface area (Å²) in [6.07, 6.45) is 2.17. The lowest BCUT2D eigenvalue weighted by atomic mass is 10.1. The maximum absolute atomic E-state index is 8.05. The summed E-state index contributed by atoms with van der Waals surface area (Å²) >= 11 is 0. The van der Waals surface area contributed by atoms with E-state index in [1.165, 1.54) is 0 Å². The molecule has 0 aliphatic carbocycles. The molecule has 4 heteroatoms. The Morgan fingerprint density at radius 2 is 2.56 bits per heavy atom. The fourth-order valence-electron chi connectivity index (χ4n) is 1.01. The summed E-state index contributed by atoms with van der Waals surface area (Å²) in [5.41, 5.74) is 8.05. The molecule has 1 atom stereocenters. The number of nitrogens with zero attached hydrogens (tertiary/aromatic N) is 3. The van der Waals surface area contributed by atoms with E-state index >= 15 is 0 Å². The average Bonchev–Trinajstić information content (AvgIpc) is 1.91. The first-order valence-corrected chi connectivity index (χ1v) is 3.18. The molecule has 0 aromatic carbocycles. The molecule has 50 valence electrons. The number of rotatable bonds is 1. The molecule has 0 aromatic rings. The smallest absolute Gasteiger partial charge is 0.0499 e. The number of hydrogen-bond donors (Lipinski definition) is 1. The van der Waals surface area contributed by atoms with Gasteiger partial charge < -0.3 is 5.32 Å². The van der Waals surface area contributed by atoms with Crippen LogP contribution in [-0.4, -0.2) is 19.1 Å². The summed E-state index contributed by atoms with van der Waals surface area (Å²) in [5, 5.41) is 6.76. The van der Waals surface area contributed by atoms with Crippen molar-refractivity contribution in [2.24, 2.45) is 5.11 Å². The van der Waals surface area contributed by atoms with Gasteiger partial charge in [-0.1, -0.05) is 5.11 Å². The predicted octanol–water partition coefficient (Wildman–Crippen LogP) is 1.05. The SMILES string of the molecule is [N-]=[N+]=N[C@@H]1CCCNC1. The maximum atomic E-state index is 8.05. The fourth-order valence-corrected chi connectivity index (χ4v) is 1.01. The molecule has 0 aromatic heterocycles. The van der Waals surface area contributed by atoms with Crippen LogP contribution in [0, 0.1) is 0 Å². The van der Waals surface area contributed by atoms with Gasteiger partial charge in [0.05, 0.1) is 0 Å². The van der Waals surface area contributed by atoms with E-state index in [4.69, 9.17) is 5.53 Å². The zero-order chi connectivity index (χ0) is 6.53. The van der Waals surface area contributed by atoms with Gasteiger partial charge in [0.2, 0.25) is 0 Å². The Bertz CT molecular complexity index is 121. The summed E-state index contributed by atoms with van der Waals surface area (Å²) in [6.45, 7) is 1.92. The topological polar surface area (TPSA) is 60.8 Å². The lowest BCUT2D eigenvalue weighted by molar-refractivity contribution is 0.458. The second-order valence-electron chi connectivity index (χ2n) is 2.21. The molecule has 1 fully saturated rings. The van der Waals surface area contributed by atoms with Crippen LogP contribution in [0.5, 0.6) is 0 Å². The van der Waals surface area contributed by atoms with Crippen molar-refractivity contribution in [3.05, 3.63) is 10.4 Å². The first-order chi connectivity index (χ1) is 4.43. The molecule has 0 spiro atoms. The van der Waals surface area contributed by atoms with Crippen LogP contribution in [0.25, 0.3) is 10.4 Å². The minimum atomic E-state index is 0.198. The first-order valence-electron chi connectivity index (χ1n) is 3.18. The molecule has 0 amide bonds. The largest absolute Gasteiger partial charge is 0.316 e. The van der Waals surface area contributed by atoms with Gasteiger partial charge in [-0.15, -0.1) is 0 Å². The minimum Gasteiger partial charge on any atom is -0.316 e. The van der Waals surface area contributed by atoms with Crippen LogP contribution in [0.1, 0.15) is 12.8 Å². The number of piperidine rings is 1. The van der Waals surface area contributed by atoms with Crippen molar-refractivity contribution in [2.75, 3.05) is 13.1 Å². The molecule has 9 heavy (non-hydrogen) atoms. The average molecular weight is 126 g/mol. The Balaban J connectivity index is 2.31. The molecule has 1 aliphatic rings. The van der Waals surface area contributed by atoms with Gasteiger partial charge in [-0.3, -0.25) is 0 Å². The van der Waals surface area contributed by atoms with Gasteiger partial charge in [-0.05, 0) is 24.9 Å². The van der Waals surface area contributed by atoms with Gasteiger partial charge in [0.15, 0.2) is 0 Å². The molecule has 1 heterocycles. The fraction of sp³-hybridized carbons (Fsp3) is 1.00. The summed E-state index contributed by atoms with van der Waals surface area (Å²) in [5.74, 6) is 0. The van der Waals surface area contributed by atoms with E-state index in [0.717, 1.165) is 25.9 Å². The van der Waals surface area contributed by atoms with E-state index in [9.17, 15) is 0 Å². The van der Waals surface area contributed by atoms with E-state index in [1.807, 2.05) is 0 Å². The Labute approximate surface area is 53.9 Å². The third-order valence-corrected chi connectivity index (χ3v) is 1.49. The van der Waals surface area contributed by atoms with E-state index in [1.54, 1.807) is 0 Å². The Kier molecular flexibility index (Phi) is 2.36. The monoisotopic (exact) mass is 126 g/mol. The highest BCUT2D eigenvalue weighted by Crippen LogP contribution is 2.04. The molecule has 1 rings (SSSR count). The minimum absolute atomic E-state index is 0.198.